The normalized spacial score (nSPS) is 28.4. The van der Waals surface area contributed by atoms with Gasteiger partial charge in [-0.15, -0.1) is 0 Å². The molecule has 0 aromatic carbocycles. The fourth-order valence-corrected chi connectivity index (χ4v) is 12.2. The van der Waals surface area contributed by atoms with Crippen LogP contribution in [0.1, 0.15) is 124 Å². The van der Waals surface area contributed by atoms with Crippen LogP contribution in [0.5, 0.6) is 0 Å². The number of carbonyl (C=O) groups excluding carboxylic acids is 9. The second-order valence-electron chi connectivity index (χ2n) is 25.3. The zero-order valence-electron chi connectivity index (χ0n) is 58.1. The molecule has 0 spiro atoms. The van der Waals surface area contributed by atoms with Crippen LogP contribution < -0.4 is 47.9 Å². The molecule has 1 aliphatic carbocycles. The van der Waals surface area contributed by atoms with Crippen LogP contribution in [-0.4, -0.2) is 325 Å². The average Bonchev–Trinajstić information content (AvgIpc) is 0.970. The minimum Gasteiger partial charge on any atom is -0.394 e. The Morgan fingerprint density at radius 2 is 0.755 bits per heavy atom. The number of carbonyl (C=O) groups is 9. The van der Waals surface area contributed by atoms with Gasteiger partial charge in [-0.05, 0) is 32.1 Å². The standard InChI is InChI=1S/C63H110IN9O29/c1-35(77)68-50-56(88)53(85)43(32-74)99-61(50)96-27-24-93-21-18-65-46(81)16-14-39(59(91)66-19-22-94-25-28-97-62-51(69-36(2)78)57(89)54(86)44(33-75)100-62)72-49(84)17-15-40(60(92)67-20-23-95-26-29-98-63-52(70-37(3)79)58(90)55(87)45(34-76)101-63)71-47(82)12-10-8-6-4-5-7-9-11-13-48(83)73-41-30-38(80)31-42(41)102-64/h38-45,50-58,61-63,74-76,80,85-90H,4-34H2,1-3H3,(H,65,81)(H,66,91)(H,67,92)(H,68,77)(H,69,78)(H,70,79)(H,71,82)(H,72,84)(H,73,83)/t38-,39?,40?,41-,42+,43?,44?,45?,50?,51?,52?,53?,54?,55?,56?,57?,58?,61?,62?,63?/m1/s1. The van der Waals surface area contributed by atoms with Crippen molar-refractivity contribution in [3.8, 4) is 0 Å². The van der Waals surface area contributed by atoms with Gasteiger partial charge in [0.1, 0.15) is 108 Å². The molecule has 4 fully saturated rings. The average molecular weight is 1580 g/mol. The Morgan fingerprint density at radius 1 is 0.412 bits per heavy atom. The summed E-state index contributed by atoms with van der Waals surface area (Å²) >= 11 is 1.78. The number of rotatable bonds is 50. The topological polar surface area (TPSA) is 556 Å². The largest absolute Gasteiger partial charge is 0.394 e. The molecular weight excluding hydrogens is 1470 g/mol. The molecule has 39 heteroatoms. The molecule has 0 radical (unpaired) electrons. The van der Waals surface area contributed by atoms with Gasteiger partial charge < -0.3 is 145 Å². The Kier molecular flexibility index (Phi) is 43.8. The third-order valence-electron chi connectivity index (χ3n) is 17.1. The van der Waals surface area contributed by atoms with Gasteiger partial charge in [-0.25, -0.2) is 0 Å². The number of amides is 9. The molecule has 588 valence electrons. The molecule has 3 aliphatic heterocycles. The van der Waals surface area contributed by atoms with Gasteiger partial charge in [-0.1, -0.05) is 38.5 Å². The van der Waals surface area contributed by atoms with Gasteiger partial charge in [0.15, 0.2) is 18.9 Å². The highest BCUT2D eigenvalue weighted by atomic mass is 127. The van der Waals surface area contributed by atoms with Crippen LogP contribution in [0.3, 0.4) is 0 Å². The van der Waals surface area contributed by atoms with Crippen LogP contribution >= 0.6 is 23.0 Å². The first-order valence-electron chi connectivity index (χ1n) is 34.7. The van der Waals surface area contributed by atoms with Crippen molar-refractivity contribution in [2.75, 3.05) is 98.9 Å². The predicted molar refractivity (Wildman–Crippen MR) is 360 cm³/mol. The van der Waals surface area contributed by atoms with Gasteiger partial charge in [0.2, 0.25) is 53.2 Å². The van der Waals surface area contributed by atoms with Crippen LogP contribution in [-0.2, 0) is 88.8 Å². The SMILES string of the molecule is CC(=O)NC1C(OCCOCCNC(=O)CCC(NC(=O)CCC(NC(=O)CCCCCCCCCCC(=O)N[C@@H]2C[C@@H](O)C[C@@H]2OI)C(=O)NCCOCCOC2OC(CO)C(O)C(O)C2NC(C)=O)C(=O)NCCOCCOC2OC(CO)C(O)C(O)C2NC(C)=O)OC(CO)C(O)C1O. The molecule has 19 N–H and O–H groups in total. The lowest BCUT2D eigenvalue weighted by Crippen LogP contribution is -2.64. The smallest absolute Gasteiger partial charge is 0.242 e. The van der Waals surface area contributed by atoms with E-state index in [1.54, 1.807) is 23.0 Å². The van der Waals surface area contributed by atoms with E-state index < -0.39 is 184 Å². The van der Waals surface area contributed by atoms with E-state index >= 15 is 0 Å². The maximum Gasteiger partial charge on any atom is 0.242 e. The molecule has 4 aliphatic rings. The van der Waals surface area contributed by atoms with Crippen LogP contribution in [0.4, 0.5) is 0 Å². The van der Waals surface area contributed by atoms with Gasteiger partial charge in [-0.3, -0.25) is 43.2 Å². The summed E-state index contributed by atoms with van der Waals surface area (Å²) in [6, 6.07) is -6.37. The lowest BCUT2D eigenvalue weighted by Gasteiger charge is -2.42. The summed E-state index contributed by atoms with van der Waals surface area (Å²) in [4.78, 5) is 116. The number of unbranched alkanes of at least 4 members (excludes halogenated alkanes) is 7. The number of aliphatic hydroxyl groups excluding tert-OH is 10. The van der Waals surface area contributed by atoms with E-state index in [1.165, 1.54) is 20.8 Å². The summed E-state index contributed by atoms with van der Waals surface area (Å²) in [5, 5.41) is 125. The maximum atomic E-state index is 13.8. The second-order valence-corrected chi connectivity index (χ2v) is 25.8. The first-order chi connectivity index (χ1) is 48.8. The van der Waals surface area contributed by atoms with Crippen molar-refractivity contribution >= 4 is 76.2 Å². The van der Waals surface area contributed by atoms with Crippen molar-refractivity contribution in [2.24, 2.45) is 0 Å². The fourth-order valence-electron chi connectivity index (χ4n) is 11.7. The van der Waals surface area contributed by atoms with Crippen LogP contribution in [0.2, 0.25) is 0 Å². The lowest BCUT2D eigenvalue weighted by atomic mass is 9.97. The van der Waals surface area contributed by atoms with Gasteiger partial charge >= 0.3 is 0 Å². The Hall–Kier alpha value is -4.84. The molecule has 4 rings (SSSR count). The number of nitrogens with one attached hydrogen (secondary N) is 9. The van der Waals surface area contributed by atoms with E-state index in [4.69, 9.17) is 45.7 Å². The van der Waals surface area contributed by atoms with Crippen molar-refractivity contribution in [1.29, 1.82) is 0 Å². The van der Waals surface area contributed by atoms with Crippen molar-refractivity contribution in [1.82, 2.24) is 47.9 Å². The lowest BCUT2D eigenvalue weighted by molar-refractivity contribution is -0.272. The van der Waals surface area contributed by atoms with Crippen LogP contribution in [0.25, 0.3) is 0 Å². The highest BCUT2D eigenvalue weighted by Gasteiger charge is 2.48. The summed E-state index contributed by atoms with van der Waals surface area (Å²) in [5.74, 6) is -4.88. The molecule has 38 nitrogen and oxygen atoms in total. The first-order valence-corrected chi connectivity index (χ1v) is 35.6. The molecule has 3 heterocycles. The molecule has 0 aromatic rings. The first kappa shape index (κ1) is 89.6. The molecule has 1 saturated carbocycles. The Bertz CT molecular complexity index is 2510. The summed E-state index contributed by atoms with van der Waals surface area (Å²) in [6.45, 7) is 0.450. The van der Waals surface area contributed by atoms with E-state index in [0.29, 0.717) is 38.5 Å². The molecule has 0 bridgehead atoms. The van der Waals surface area contributed by atoms with Crippen molar-refractivity contribution in [3.63, 3.8) is 0 Å². The number of halogens is 1. The summed E-state index contributed by atoms with van der Waals surface area (Å²) in [7, 11) is 0. The molecule has 9 amide bonds. The molecule has 3 saturated heterocycles. The van der Waals surface area contributed by atoms with Crippen LogP contribution in [0.15, 0.2) is 0 Å². The van der Waals surface area contributed by atoms with Crippen molar-refractivity contribution in [2.45, 2.75) is 246 Å². The minimum absolute atomic E-state index is 0.0205. The zero-order chi connectivity index (χ0) is 75.1. The molecule has 17 unspecified atom stereocenters. The zero-order valence-corrected chi connectivity index (χ0v) is 60.2. The van der Waals surface area contributed by atoms with Crippen LogP contribution in [0, 0.1) is 0 Å². The number of hydrogen-bond acceptors (Lipinski definition) is 29. The third kappa shape index (κ3) is 32.9. The van der Waals surface area contributed by atoms with E-state index in [-0.39, 0.29) is 123 Å². The Morgan fingerprint density at radius 3 is 1.12 bits per heavy atom. The Balaban J connectivity index is 1.33. The minimum atomic E-state index is -1.54. The molecule has 0 aromatic heterocycles. The fraction of sp³-hybridized carbons (Fsp3) is 0.857. The monoisotopic (exact) mass is 1580 g/mol. The summed E-state index contributed by atoms with van der Waals surface area (Å²) in [5.41, 5.74) is 0. The summed E-state index contributed by atoms with van der Waals surface area (Å²) in [6.07, 6.45) is -10.9. The highest BCUT2D eigenvalue weighted by Crippen LogP contribution is 2.27. The van der Waals surface area contributed by atoms with E-state index in [0.717, 1.165) is 32.1 Å². The van der Waals surface area contributed by atoms with E-state index in [1.807, 2.05) is 0 Å². The second kappa shape index (κ2) is 49.9. The Labute approximate surface area is 606 Å². The third-order valence-corrected chi connectivity index (χ3v) is 17.7. The van der Waals surface area contributed by atoms with Crippen molar-refractivity contribution in [3.05, 3.63) is 0 Å². The summed E-state index contributed by atoms with van der Waals surface area (Å²) < 4.78 is 55.7. The predicted octanol–water partition coefficient (Wildman–Crippen LogP) is -6.93. The van der Waals surface area contributed by atoms with Gasteiger partial charge in [0, 0.05) is 72.5 Å². The molecular formula is C63H110IN9O29. The van der Waals surface area contributed by atoms with E-state index in [2.05, 4.69) is 47.9 Å². The number of aliphatic hydroxyl groups is 10. The number of ether oxygens (including phenoxy) is 9. The number of hydrogen-bond donors (Lipinski definition) is 19. The quantitative estimate of drug-likeness (QED) is 0.0199. The van der Waals surface area contributed by atoms with Gasteiger partial charge in [-0.2, -0.15) is 0 Å². The van der Waals surface area contributed by atoms with E-state index in [9.17, 15) is 94.2 Å². The molecule has 102 heavy (non-hydrogen) atoms. The van der Waals surface area contributed by atoms with Crippen molar-refractivity contribution < 1.29 is 140 Å². The maximum absolute atomic E-state index is 13.8. The molecule has 20 atom stereocenters. The van der Waals surface area contributed by atoms with Gasteiger partial charge in [0.25, 0.3) is 0 Å². The highest BCUT2D eigenvalue weighted by molar-refractivity contribution is 14.1. The van der Waals surface area contributed by atoms with Gasteiger partial charge in [0.05, 0.1) is 97.5 Å².